The van der Waals surface area contributed by atoms with Crippen LogP contribution in [0.1, 0.15) is 33.8 Å². The van der Waals surface area contributed by atoms with Crippen molar-refractivity contribution in [3.63, 3.8) is 0 Å². The topological polar surface area (TPSA) is 9.23 Å². The van der Waals surface area contributed by atoms with Crippen LogP contribution in [-0.4, -0.2) is 0 Å². The van der Waals surface area contributed by atoms with Crippen LogP contribution in [0.15, 0.2) is 158 Å². The molecule has 0 fully saturated rings. The molecule has 0 N–H and O–H groups in total. The quantitative estimate of drug-likeness (QED) is 0.177. The zero-order valence-electron chi connectivity index (χ0n) is 26.0. The van der Waals surface area contributed by atoms with Gasteiger partial charge in [-0.3, -0.25) is 0 Å². The Morgan fingerprint density at radius 2 is 1.06 bits per heavy atom. The van der Waals surface area contributed by atoms with Crippen molar-refractivity contribution in [1.29, 1.82) is 0 Å². The van der Waals surface area contributed by atoms with Crippen molar-refractivity contribution < 1.29 is 4.74 Å². The molecule has 11 rings (SSSR count). The Hall–Kier alpha value is -5.54. The van der Waals surface area contributed by atoms with Crippen LogP contribution in [0.25, 0.3) is 75.8 Å². The van der Waals surface area contributed by atoms with Gasteiger partial charge in [-0.2, -0.15) is 0 Å². The van der Waals surface area contributed by atoms with Crippen LogP contribution in [0.4, 0.5) is 0 Å². The number of thiophene rings is 1. The van der Waals surface area contributed by atoms with E-state index >= 15 is 0 Å². The molecule has 224 valence electrons. The summed E-state index contributed by atoms with van der Waals surface area (Å²) in [5.41, 5.74) is 11.6. The van der Waals surface area contributed by atoms with Crippen LogP contribution in [-0.2, 0) is 4.74 Å². The number of hydrogen-bond donors (Lipinski definition) is 0. The predicted molar refractivity (Wildman–Crippen MR) is 202 cm³/mol. The highest BCUT2D eigenvalue weighted by Crippen LogP contribution is 2.60. The minimum atomic E-state index is -0.0325. The molecule has 2 atom stereocenters. The average Bonchev–Trinajstić information content (AvgIpc) is 3.83. The van der Waals surface area contributed by atoms with E-state index < -0.39 is 0 Å². The first-order valence-corrected chi connectivity index (χ1v) is 17.5. The van der Waals surface area contributed by atoms with Gasteiger partial charge in [-0.05, 0) is 100 Å². The van der Waals surface area contributed by atoms with Gasteiger partial charge in [0.15, 0.2) is 0 Å². The summed E-state index contributed by atoms with van der Waals surface area (Å²) in [6, 6.07) is 58.1. The standard InChI is InChI=1S/C46H28OS/c1-2-11-27(12-3-1)29-21-23-37-38(25-29)44-43-39-26-30(22-24-40(39)48-46(43)45(37)47-44)41-33-16-6-8-18-35(33)42(36-19-9-7-17-34(36)41)32-20-10-14-28-13-4-5-15-31(28)32/h1-26,44-45H. The summed E-state index contributed by atoms with van der Waals surface area (Å²) in [6.45, 7) is 0. The number of benzene rings is 8. The molecule has 8 aromatic carbocycles. The number of hydrogen-bond acceptors (Lipinski definition) is 2. The summed E-state index contributed by atoms with van der Waals surface area (Å²) in [5.74, 6) is 0. The molecule has 2 bridgehead atoms. The maximum Gasteiger partial charge on any atom is 0.119 e. The largest absolute Gasteiger partial charge is 0.355 e. The number of ether oxygens (including phenoxy) is 1. The van der Waals surface area contributed by atoms with Crippen molar-refractivity contribution in [2.24, 2.45) is 0 Å². The predicted octanol–water partition coefficient (Wildman–Crippen LogP) is 12.9. The van der Waals surface area contributed by atoms with Gasteiger partial charge in [0, 0.05) is 15.1 Å². The van der Waals surface area contributed by atoms with Crippen LogP contribution in [0.2, 0.25) is 0 Å². The monoisotopic (exact) mass is 628 g/mol. The van der Waals surface area contributed by atoms with E-state index in [1.54, 1.807) is 0 Å². The molecule has 0 amide bonds. The summed E-state index contributed by atoms with van der Waals surface area (Å²) in [5, 5.41) is 8.98. The Morgan fingerprint density at radius 3 is 1.83 bits per heavy atom. The molecule has 0 saturated carbocycles. The normalized spacial score (nSPS) is 16.2. The number of fused-ring (bicyclic) bond motifs is 13. The van der Waals surface area contributed by atoms with E-state index in [1.165, 1.54) is 97.4 Å². The van der Waals surface area contributed by atoms with Crippen molar-refractivity contribution in [2.45, 2.75) is 12.2 Å². The van der Waals surface area contributed by atoms with E-state index in [-0.39, 0.29) is 12.2 Å². The van der Waals surface area contributed by atoms with Crippen LogP contribution in [0, 0.1) is 0 Å². The summed E-state index contributed by atoms with van der Waals surface area (Å²) in [6.07, 6.45) is -0.0119. The fraction of sp³-hybridized carbons (Fsp3) is 0.0435. The highest BCUT2D eigenvalue weighted by molar-refractivity contribution is 7.19. The second-order valence-electron chi connectivity index (χ2n) is 13.1. The molecule has 2 unspecified atom stereocenters. The van der Waals surface area contributed by atoms with Crippen molar-refractivity contribution in [3.8, 4) is 33.4 Å². The van der Waals surface area contributed by atoms with E-state index in [2.05, 4.69) is 158 Å². The Bertz CT molecular complexity index is 2710. The van der Waals surface area contributed by atoms with Crippen molar-refractivity contribution >= 4 is 53.7 Å². The Balaban J connectivity index is 1.13. The Morgan fingerprint density at radius 1 is 0.417 bits per heavy atom. The van der Waals surface area contributed by atoms with Gasteiger partial charge in [-0.15, -0.1) is 11.3 Å². The molecule has 1 aromatic heterocycles. The third-order valence-electron chi connectivity index (χ3n) is 10.6. The van der Waals surface area contributed by atoms with E-state index in [0.29, 0.717) is 0 Å². The van der Waals surface area contributed by atoms with Gasteiger partial charge in [-0.25, -0.2) is 0 Å². The summed E-state index contributed by atoms with van der Waals surface area (Å²) < 4.78 is 8.08. The molecule has 0 spiro atoms. The van der Waals surface area contributed by atoms with Gasteiger partial charge in [-0.1, -0.05) is 140 Å². The van der Waals surface area contributed by atoms with Gasteiger partial charge >= 0.3 is 0 Å². The van der Waals surface area contributed by atoms with Gasteiger partial charge in [0.05, 0.1) is 0 Å². The van der Waals surface area contributed by atoms with Crippen molar-refractivity contribution in [2.75, 3.05) is 0 Å². The summed E-state index contributed by atoms with van der Waals surface area (Å²) >= 11 is 1.90. The lowest BCUT2D eigenvalue weighted by Crippen LogP contribution is -2.00. The molecular formula is C46H28OS. The van der Waals surface area contributed by atoms with Crippen LogP contribution < -0.4 is 0 Å². The summed E-state index contributed by atoms with van der Waals surface area (Å²) in [4.78, 5) is 1.37. The molecule has 0 radical (unpaired) electrons. The van der Waals surface area contributed by atoms with E-state index in [1.807, 2.05) is 11.3 Å². The Kier molecular flexibility index (Phi) is 5.51. The van der Waals surface area contributed by atoms with E-state index in [0.717, 1.165) is 0 Å². The maximum atomic E-state index is 6.75. The SMILES string of the molecule is c1ccc(-c2ccc3c(c2)C2OC3c3sc4ccc(-c5c6ccccc6c(-c6cccc7ccccc67)c6ccccc56)cc4c32)cc1. The highest BCUT2D eigenvalue weighted by Gasteiger charge is 2.45. The van der Waals surface area contributed by atoms with Gasteiger partial charge in [0.1, 0.15) is 12.2 Å². The van der Waals surface area contributed by atoms with Crippen LogP contribution in [0.5, 0.6) is 0 Å². The minimum Gasteiger partial charge on any atom is -0.355 e. The van der Waals surface area contributed by atoms with Crippen LogP contribution in [0.3, 0.4) is 0 Å². The highest BCUT2D eigenvalue weighted by atomic mass is 32.1. The minimum absolute atomic E-state index is 0.0207. The van der Waals surface area contributed by atoms with E-state index in [9.17, 15) is 0 Å². The number of rotatable bonds is 3. The molecule has 2 heteroatoms. The molecule has 2 aliphatic rings. The zero-order chi connectivity index (χ0) is 31.3. The second-order valence-corrected chi connectivity index (χ2v) is 14.1. The molecule has 1 nitrogen and oxygen atoms in total. The third kappa shape index (κ3) is 3.65. The summed E-state index contributed by atoms with van der Waals surface area (Å²) in [7, 11) is 0. The molecule has 48 heavy (non-hydrogen) atoms. The second kappa shape index (κ2) is 9.98. The molecule has 3 heterocycles. The Labute approximate surface area is 282 Å². The lowest BCUT2D eigenvalue weighted by atomic mass is 9.84. The zero-order valence-corrected chi connectivity index (χ0v) is 26.8. The van der Waals surface area contributed by atoms with E-state index in [4.69, 9.17) is 4.74 Å². The average molecular weight is 629 g/mol. The molecular weight excluding hydrogens is 601 g/mol. The smallest absolute Gasteiger partial charge is 0.119 e. The van der Waals surface area contributed by atoms with Crippen molar-refractivity contribution in [1.82, 2.24) is 0 Å². The van der Waals surface area contributed by atoms with Gasteiger partial charge < -0.3 is 4.74 Å². The fourth-order valence-electron chi connectivity index (χ4n) is 8.49. The lowest BCUT2D eigenvalue weighted by Gasteiger charge is -2.19. The molecule has 2 aliphatic heterocycles. The van der Waals surface area contributed by atoms with Gasteiger partial charge in [0.25, 0.3) is 0 Å². The first-order valence-electron chi connectivity index (χ1n) is 16.6. The van der Waals surface area contributed by atoms with Gasteiger partial charge in [0.2, 0.25) is 0 Å². The molecule has 0 saturated heterocycles. The first kappa shape index (κ1) is 26.5. The third-order valence-corrected chi connectivity index (χ3v) is 11.8. The lowest BCUT2D eigenvalue weighted by molar-refractivity contribution is 0.0871. The van der Waals surface area contributed by atoms with Crippen LogP contribution >= 0.6 is 11.3 Å². The maximum absolute atomic E-state index is 6.75. The first-order chi connectivity index (χ1) is 23.8. The fourth-order valence-corrected chi connectivity index (χ4v) is 9.76. The van der Waals surface area contributed by atoms with Crippen molar-refractivity contribution in [3.05, 3.63) is 179 Å². The molecule has 0 aliphatic carbocycles. The molecule has 9 aromatic rings.